The molecule has 0 N–H and O–H groups in total. The summed E-state index contributed by atoms with van der Waals surface area (Å²) in [5, 5.41) is 0. The van der Waals surface area contributed by atoms with Crippen molar-refractivity contribution < 1.29 is 8.42 Å². The van der Waals surface area contributed by atoms with Gasteiger partial charge >= 0.3 is 0 Å². The molecule has 0 bridgehead atoms. The van der Waals surface area contributed by atoms with Crippen molar-refractivity contribution in [1.82, 2.24) is 4.90 Å². The molecule has 2 aliphatic rings. The lowest BCUT2D eigenvalue weighted by Crippen LogP contribution is -2.33. The van der Waals surface area contributed by atoms with Crippen molar-refractivity contribution in [2.75, 3.05) is 6.26 Å². The summed E-state index contributed by atoms with van der Waals surface area (Å²) in [5.74, 6) is 0.589. The van der Waals surface area contributed by atoms with Gasteiger partial charge in [0.15, 0.2) is 9.84 Å². The highest BCUT2D eigenvalue weighted by atomic mass is 32.2. The summed E-state index contributed by atoms with van der Waals surface area (Å²) in [6.07, 6.45) is 5.80. The van der Waals surface area contributed by atoms with Gasteiger partial charge in [-0.25, -0.2) is 8.42 Å². The van der Waals surface area contributed by atoms with Crippen LogP contribution in [0.15, 0.2) is 59.5 Å². The van der Waals surface area contributed by atoms with Crippen LogP contribution in [0.5, 0.6) is 0 Å². The molecule has 0 radical (unpaired) electrons. The highest BCUT2D eigenvalue weighted by molar-refractivity contribution is 7.90. The van der Waals surface area contributed by atoms with Crippen LogP contribution in [-0.2, 0) is 22.9 Å². The average molecular weight is 368 g/mol. The second-order valence-electron chi connectivity index (χ2n) is 7.78. The monoisotopic (exact) mass is 367 g/mol. The van der Waals surface area contributed by atoms with E-state index in [4.69, 9.17) is 0 Å². The number of hydrogen-bond acceptors (Lipinski definition) is 3. The third-order valence-corrected chi connectivity index (χ3v) is 6.68. The second kappa shape index (κ2) is 6.67. The molecule has 2 atom stereocenters. The number of sulfone groups is 1. The van der Waals surface area contributed by atoms with Gasteiger partial charge in [-0.2, -0.15) is 0 Å². The van der Waals surface area contributed by atoms with Crippen molar-refractivity contribution in [3.63, 3.8) is 0 Å². The van der Waals surface area contributed by atoms with Crippen molar-refractivity contribution in [1.29, 1.82) is 0 Å². The van der Waals surface area contributed by atoms with Gasteiger partial charge in [-0.05, 0) is 53.2 Å². The lowest BCUT2D eigenvalue weighted by Gasteiger charge is -2.33. The van der Waals surface area contributed by atoms with Crippen LogP contribution in [0, 0.1) is 5.92 Å². The lowest BCUT2D eigenvalue weighted by molar-refractivity contribution is 0.202. The molecule has 136 valence electrons. The Bertz CT molecular complexity index is 937. The van der Waals surface area contributed by atoms with Gasteiger partial charge in [0.1, 0.15) is 0 Å². The summed E-state index contributed by atoms with van der Waals surface area (Å²) in [5.41, 5.74) is 5.18. The molecule has 2 aromatic carbocycles. The molecular formula is C22H25NO2S. The first-order valence-electron chi connectivity index (χ1n) is 9.22. The van der Waals surface area contributed by atoms with Crippen molar-refractivity contribution in [2.24, 2.45) is 5.92 Å². The fourth-order valence-corrected chi connectivity index (χ4v) is 4.90. The molecule has 1 aliphatic heterocycles. The largest absolute Gasteiger partial charge is 0.288 e. The van der Waals surface area contributed by atoms with Crippen LogP contribution in [0.1, 0.15) is 36.5 Å². The van der Waals surface area contributed by atoms with Gasteiger partial charge in [-0.1, -0.05) is 49.4 Å². The summed E-state index contributed by atoms with van der Waals surface area (Å²) in [6, 6.07) is 16.5. The Labute approximate surface area is 156 Å². The van der Waals surface area contributed by atoms with E-state index in [2.05, 4.69) is 42.2 Å². The van der Waals surface area contributed by atoms with Gasteiger partial charge in [0.25, 0.3) is 0 Å². The zero-order chi connectivity index (χ0) is 18.3. The first-order valence-corrected chi connectivity index (χ1v) is 11.1. The molecule has 1 heterocycles. The topological polar surface area (TPSA) is 37.4 Å². The summed E-state index contributed by atoms with van der Waals surface area (Å²) in [6.45, 7) is 4.30. The third-order valence-electron chi connectivity index (χ3n) is 5.57. The van der Waals surface area contributed by atoms with Gasteiger partial charge in [-0.3, -0.25) is 4.90 Å². The molecule has 0 spiro atoms. The van der Waals surface area contributed by atoms with Crippen molar-refractivity contribution in [3.8, 4) is 0 Å². The second-order valence-corrected chi connectivity index (χ2v) is 9.79. The number of nitrogens with zero attached hydrogens (tertiary/aromatic N) is 1. The molecule has 0 amide bonds. The molecule has 0 saturated heterocycles. The van der Waals surface area contributed by atoms with E-state index in [1.165, 1.54) is 23.0 Å². The van der Waals surface area contributed by atoms with Gasteiger partial charge in [0.05, 0.1) is 4.90 Å². The fourth-order valence-electron chi connectivity index (χ4n) is 4.23. The maximum atomic E-state index is 11.9. The Morgan fingerprint density at radius 3 is 2.35 bits per heavy atom. The number of allylic oxidation sites excluding steroid dienone is 1. The Balaban J connectivity index is 1.63. The first kappa shape index (κ1) is 17.5. The predicted octanol–water partition coefficient (Wildman–Crippen LogP) is 4.29. The molecule has 4 heteroatoms. The maximum absolute atomic E-state index is 11.9. The maximum Gasteiger partial charge on any atom is 0.175 e. The zero-order valence-corrected chi connectivity index (χ0v) is 16.2. The summed E-state index contributed by atoms with van der Waals surface area (Å²) in [7, 11) is -3.18. The Morgan fingerprint density at radius 1 is 1.00 bits per heavy atom. The molecule has 4 rings (SSSR count). The van der Waals surface area contributed by atoms with E-state index in [1.54, 1.807) is 6.07 Å². The molecule has 2 aromatic rings. The number of hydrogen-bond donors (Lipinski definition) is 0. The molecule has 0 aromatic heterocycles. The van der Waals surface area contributed by atoms with E-state index in [1.807, 2.05) is 18.2 Å². The number of fused-ring (bicyclic) bond motifs is 1. The lowest BCUT2D eigenvalue weighted by atomic mass is 9.83. The first-order chi connectivity index (χ1) is 12.4. The van der Waals surface area contributed by atoms with Crippen molar-refractivity contribution in [3.05, 3.63) is 71.3 Å². The van der Waals surface area contributed by atoms with E-state index < -0.39 is 9.84 Å². The Hall–Kier alpha value is -1.91. The van der Waals surface area contributed by atoms with Gasteiger partial charge in [0.2, 0.25) is 0 Å². The Morgan fingerprint density at radius 2 is 1.69 bits per heavy atom. The predicted molar refractivity (Wildman–Crippen MR) is 105 cm³/mol. The standard InChI is InChI=1S/C22H25NO2S/c1-16-10-20(17-8-5-9-22(13-17)26(2,24)25)12-21(11-16)23-14-18-6-3-4-7-19(18)15-23/h3-9,12-13,16,21H,10-11,14-15H2,1-2H3. The minimum Gasteiger partial charge on any atom is -0.288 e. The molecule has 0 saturated carbocycles. The van der Waals surface area contributed by atoms with E-state index in [0.717, 1.165) is 31.5 Å². The van der Waals surface area contributed by atoms with Gasteiger partial charge in [0, 0.05) is 25.4 Å². The van der Waals surface area contributed by atoms with E-state index in [0.29, 0.717) is 16.9 Å². The highest BCUT2D eigenvalue weighted by Gasteiger charge is 2.29. The fraction of sp³-hybridized carbons (Fsp3) is 0.364. The molecule has 3 nitrogen and oxygen atoms in total. The summed E-state index contributed by atoms with van der Waals surface area (Å²) >= 11 is 0. The van der Waals surface area contributed by atoms with Gasteiger partial charge in [-0.15, -0.1) is 0 Å². The van der Waals surface area contributed by atoms with E-state index in [-0.39, 0.29) is 0 Å². The van der Waals surface area contributed by atoms with Crippen molar-refractivity contribution in [2.45, 2.75) is 43.8 Å². The average Bonchev–Trinajstić information content (AvgIpc) is 3.05. The normalized spacial score (nSPS) is 23.5. The summed E-state index contributed by atoms with van der Waals surface area (Å²) in [4.78, 5) is 2.94. The quantitative estimate of drug-likeness (QED) is 0.812. The van der Waals surface area contributed by atoms with E-state index in [9.17, 15) is 8.42 Å². The van der Waals surface area contributed by atoms with Crippen LogP contribution >= 0.6 is 0 Å². The molecule has 2 unspecified atom stereocenters. The molecule has 26 heavy (non-hydrogen) atoms. The van der Waals surface area contributed by atoms with Crippen LogP contribution in [0.25, 0.3) is 5.57 Å². The van der Waals surface area contributed by atoms with Crippen molar-refractivity contribution >= 4 is 15.4 Å². The zero-order valence-electron chi connectivity index (χ0n) is 15.4. The minimum absolute atomic E-state index is 0.402. The highest BCUT2D eigenvalue weighted by Crippen LogP contribution is 2.36. The Kier molecular flexibility index (Phi) is 4.49. The third kappa shape index (κ3) is 3.49. The van der Waals surface area contributed by atoms with Crippen LogP contribution in [0.2, 0.25) is 0 Å². The van der Waals surface area contributed by atoms with Crippen LogP contribution in [-0.4, -0.2) is 25.6 Å². The number of benzene rings is 2. The van der Waals surface area contributed by atoms with Crippen LogP contribution < -0.4 is 0 Å². The SMILES string of the molecule is CC1CC(c2cccc(S(C)(=O)=O)c2)=CC(N2Cc3ccccc3C2)C1. The van der Waals surface area contributed by atoms with Gasteiger partial charge < -0.3 is 0 Å². The smallest absolute Gasteiger partial charge is 0.175 e. The molecule has 0 fully saturated rings. The number of rotatable bonds is 3. The van der Waals surface area contributed by atoms with Crippen LogP contribution in [0.3, 0.4) is 0 Å². The van der Waals surface area contributed by atoms with Crippen LogP contribution in [0.4, 0.5) is 0 Å². The molecule has 1 aliphatic carbocycles. The van der Waals surface area contributed by atoms with E-state index >= 15 is 0 Å². The summed E-state index contributed by atoms with van der Waals surface area (Å²) < 4.78 is 23.8. The minimum atomic E-state index is -3.18. The molecular weight excluding hydrogens is 342 g/mol.